The zero-order chi connectivity index (χ0) is 19.5. The molecule has 2 aromatic carbocycles. The minimum atomic E-state index is -4.53. The van der Waals surface area contributed by atoms with Crippen LogP contribution < -0.4 is 10.6 Å². The topological polar surface area (TPSA) is 41.1 Å². The van der Waals surface area contributed by atoms with Crippen LogP contribution in [0.5, 0.6) is 0 Å². The smallest absolute Gasteiger partial charge is 0.362 e. The van der Waals surface area contributed by atoms with Crippen LogP contribution in [-0.4, -0.2) is 15.9 Å². The van der Waals surface area contributed by atoms with E-state index in [-0.39, 0.29) is 11.3 Å². The summed E-state index contributed by atoms with van der Waals surface area (Å²) in [6.45, 7) is 0. The van der Waals surface area contributed by atoms with Gasteiger partial charge < -0.3 is 10.6 Å². The van der Waals surface area contributed by atoms with E-state index in [4.69, 9.17) is 46.4 Å². The third-order valence-electron chi connectivity index (χ3n) is 3.21. The van der Waals surface area contributed by atoms with E-state index < -0.39 is 27.6 Å². The summed E-state index contributed by atoms with van der Waals surface area (Å²) < 4.78 is 36.4. The van der Waals surface area contributed by atoms with Gasteiger partial charge in [0.05, 0.1) is 5.56 Å². The second-order valence-electron chi connectivity index (χ2n) is 5.18. The number of hydrogen-bond donors (Lipinski definition) is 2. The fourth-order valence-corrected chi connectivity index (χ4v) is 2.42. The van der Waals surface area contributed by atoms with Gasteiger partial charge in [0.15, 0.2) is 0 Å². The van der Waals surface area contributed by atoms with Crippen LogP contribution in [0.3, 0.4) is 0 Å². The summed E-state index contributed by atoms with van der Waals surface area (Å²) in [5.74, 6) is -0.600. The molecule has 0 aromatic heterocycles. The van der Waals surface area contributed by atoms with Crippen LogP contribution in [0, 0.1) is 0 Å². The summed E-state index contributed by atoms with van der Waals surface area (Å²) in [6, 6.07) is 10.2. The van der Waals surface area contributed by atoms with Crippen LogP contribution in [0.4, 0.5) is 18.9 Å². The first kappa shape index (κ1) is 21.0. The SMILES string of the molecule is O=C(N[C@@H](Nc1cccc(C(F)(F)F)c1)C(Cl)(Cl)Cl)c1ccc(Cl)cc1. The molecule has 2 aromatic rings. The van der Waals surface area contributed by atoms with E-state index in [0.717, 1.165) is 12.1 Å². The highest BCUT2D eigenvalue weighted by Crippen LogP contribution is 2.34. The monoisotopic (exact) mass is 444 g/mol. The molecule has 0 spiro atoms. The number of carbonyl (C=O) groups is 1. The van der Waals surface area contributed by atoms with Crippen molar-refractivity contribution in [3.63, 3.8) is 0 Å². The molecule has 1 atom stereocenters. The maximum absolute atomic E-state index is 12.8. The second kappa shape index (κ2) is 8.13. The van der Waals surface area contributed by atoms with Crippen LogP contribution in [0.15, 0.2) is 48.5 Å². The lowest BCUT2D eigenvalue weighted by Gasteiger charge is -2.27. The minimum absolute atomic E-state index is 0.0209. The van der Waals surface area contributed by atoms with Gasteiger partial charge in [-0.1, -0.05) is 52.5 Å². The first-order valence-corrected chi connectivity index (χ1v) is 8.55. The summed E-state index contributed by atoms with van der Waals surface area (Å²) in [5.41, 5.74) is -0.623. The third kappa shape index (κ3) is 5.84. The lowest BCUT2D eigenvalue weighted by Crippen LogP contribution is -2.49. The molecule has 0 aliphatic rings. The highest BCUT2D eigenvalue weighted by Gasteiger charge is 2.35. The first-order chi connectivity index (χ1) is 12.0. The number of amides is 1. The van der Waals surface area contributed by atoms with Crippen molar-refractivity contribution in [2.75, 3.05) is 5.32 Å². The molecular formula is C16H11Cl4F3N2O. The van der Waals surface area contributed by atoms with Crippen molar-refractivity contribution < 1.29 is 18.0 Å². The Morgan fingerprint density at radius 1 is 1.00 bits per heavy atom. The summed E-state index contributed by atoms with van der Waals surface area (Å²) >= 11 is 23.3. The van der Waals surface area contributed by atoms with Crippen LogP contribution >= 0.6 is 46.4 Å². The van der Waals surface area contributed by atoms with Gasteiger partial charge in [0.1, 0.15) is 6.17 Å². The Kier molecular flexibility index (Phi) is 6.55. The molecule has 26 heavy (non-hydrogen) atoms. The van der Waals surface area contributed by atoms with Gasteiger partial charge in [-0.2, -0.15) is 13.2 Å². The Bertz CT molecular complexity index is 776. The maximum Gasteiger partial charge on any atom is 0.416 e. The number of benzene rings is 2. The molecule has 0 saturated carbocycles. The first-order valence-electron chi connectivity index (χ1n) is 7.04. The number of rotatable bonds is 4. The Morgan fingerprint density at radius 3 is 2.15 bits per heavy atom. The maximum atomic E-state index is 12.8. The third-order valence-corrected chi connectivity index (χ3v) is 4.12. The Balaban J connectivity index is 2.21. The number of nitrogens with one attached hydrogen (secondary N) is 2. The number of carbonyl (C=O) groups excluding carboxylic acids is 1. The zero-order valence-corrected chi connectivity index (χ0v) is 15.8. The van der Waals surface area contributed by atoms with Gasteiger partial charge in [0.2, 0.25) is 3.79 Å². The van der Waals surface area contributed by atoms with E-state index in [9.17, 15) is 18.0 Å². The van der Waals surface area contributed by atoms with E-state index in [1.165, 1.54) is 36.4 Å². The molecule has 10 heteroatoms. The van der Waals surface area contributed by atoms with Crippen LogP contribution in [0.1, 0.15) is 15.9 Å². The fraction of sp³-hybridized carbons (Fsp3) is 0.188. The zero-order valence-electron chi connectivity index (χ0n) is 12.8. The Morgan fingerprint density at radius 2 is 1.62 bits per heavy atom. The standard InChI is InChI=1S/C16H11Cl4F3N2O/c17-11-6-4-9(5-7-11)13(26)25-14(15(18,19)20)24-12-3-1-2-10(8-12)16(21,22)23/h1-8,14,24H,(H,25,26)/t14-/m1/s1. The van der Waals surface area contributed by atoms with Crippen LogP contribution in [-0.2, 0) is 6.18 Å². The highest BCUT2D eigenvalue weighted by atomic mass is 35.6. The molecule has 0 fully saturated rings. The van der Waals surface area contributed by atoms with Gasteiger partial charge in [-0.3, -0.25) is 4.79 Å². The highest BCUT2D eigenvalue weighted by molar-refractivity contribution is 6.68. The molecule has 0 aliphatic carbocycles. The average Bonchev–Trinajstić information content (AvgIpc) is 2.53. The largest absolute Gasteiger partial charge is 0.416 e. The van der Waals surface area contributed by atoms with Gasteiger partial charge >= 0.3 is 6.18 Å². The van der Waals surface area contributed by atoms with Crippen molar-refractivity contribution in [2.45, 2.75) is 16.1 Å². The van der Waals surface area contributed by atoms with Gasteiger partial charge in [0, 0.05) is 16.3 Å². The normalized spacial score (nSPS) is 13.2. The van der Waals surface area contributed by atoms with Crippen LogP contribution in [0.2, 0.25) is 5.02 Å². The molecule has 0 heterocycles. The molecule has 2 rings (SSSR count). The molecule has 0 saturated heterocycles. The number of halogens is 7. The summed E-state index contributed by atoms with van der Waals surface area (Å²) in [6.07, 6.45) is -5.82. The van der Waals surface area contributed by atoms with Gasteiger partial charge in [-0.05, 0) is 42.5 Å². The van der Waals surface area contributed by atoms with Crippen LogP contribution in [0.25, 0.3) is 0 Å². The van der Waals surface area contributed by atoms with Crippen molar-refractivity contribution >= 4 is 58.0 Å². The summed E-state index contributed by atoms with van der Waals surface area (Å²) in [7, 11) is 0. The molecule has 0 radical (unpaired) electrons. The molecule has 0 unspecified atom stereocenters. The van der Waals surface area contributed by atoms with Gasteiger partial charge in [-0.15, -0.1) is 0 Å². The number of alkyl halides is 6. The van der Waals surface area contributed by atoms with Crippen molar-refractivity contribution in [1.82, 2.24) is 5.32 Å². The Labute approximate surface area is 167 Å². The molecule has 140 valence electrons. The van der Waals surface area contributed by atoms with Gasteiger partial charge in [-0.25, -0.2) is 0 Å². The fourth-order valence-electron chi connectivity index (χ4n) is 1.97. The number of anilines is 1. The summed E-state index contributed by atoms with van der Waals surface area (Å²) in [4.78, 5) is 12.3. The predicted octanol–water partition coefficient (Wildman–Crippen LogP) is 5.90. The second-order valence-corrected chi connectivity index (χ2v) is 7.98. The summed E-state index contributed by atoms with van der Waals surface area (Å²) in [5, 5.41) is 5.45. The average molecular weight is 446 g/mol. The van der Waals surface area contributed by atoms with Crippen molar-refractivity contribution in [3.05, 3.63) is 64.7 Å². The molecular weight excluding hydrogens is 435 g/mol. The lowest BCUT2D eigenvalue weighted by atomic mass is 10.2. The Hall–Kier alpha value is -1.34. The van der Waals surface area contributed by atoms with E-state index in [2.05, 4.69) is 10.6 Å². The molecule has 3 nitrogen and oxygen atoms in total. The predicted molar refractivity (Wildman–Crippen MR) is 98.1 cm³/mol. The minimum Gasteiger partial charge on any atom is -0.362 e. The molecule has 0 aliphatic heterocycles. The quantitative estimate of drug-likeness (QED) is 0.454. The van der Waals surface area contributed by atoms with E-state index in [1.54, 1.807) is 0 Å². The van der Waals surface area contributed by atoms with Crippen molar-refractivity contribution in [1.29, 1.82) is 0 Å². The number of hydrogen-bond acceptors (Lipinski definition) is 2. The van der Waals surface area contributed by atoms with E-state index in [1.807, 2.05) is 0 Å². The molecule has 1 amide bonds. The van der Waals surface area contributed by atoms with Crippen molar-refractivity contribution in [3.8, 4) is 0 Å². The molecule has 0 bridgehead atoms. The van der Waals surface area contributed by atoms with Crippen molar-refractivity contribution in [2.24, 2.45) is 0 Å². The van der Waals surface area contributed by atoms with E-state index in [0.29, 0.717) is 5.02 Å². The van der Waals surface area contributed by atoms with E-state index >= 15 is 0 Å². The molecule has 2 N–H and O–H groups in total. The van der Waals surface area contributed by atoms with Gasteiger partial charge in [0.25, 0.3) is 5.91 Å². The lowest BCUT2D eigenvalue weighted by molar-refractivity contribution is -0.137.